The van der Waals surface area contributed by atoms with Gasteiger partial charge in [0.2, 0.25) is 0 Å². The van der Waals surface area contributed by atoms with E-state index in [9.17, 15) is 19.2 Å². The molecule has 0 fully saturated rings. The minimum absolute atomic E-state index is 0.0712. The first-order chi connectivity index (χ1) is 23.2. The lowest BCUT2D eigenvalue weighted by Gasteiger charge is -2.25. The molecule has 4 atom stereocenters. The van der Waals surface area contributed by atoms with Crippen molar-refractivity contribution in [2.75, 3.05) is 23.5 Å². The molecule has 0 saturated heterocycles. The molecule has 48 heavy (non-hydrogen) atoms. The molecule has 0 aliphatic carbocycles. The Labute approximate surface area is 298 Å². The molecule has 248 valence electrons. The van der Waals surface area contributed by atoms with E-state index in [1.54, 1.807) is 12.1 Å². The van der Waals surface area contributed by atoms with Gasteiger partial charge in [0.15, 0.2) is 0 Å². The molecule has 4 aromatic rings. The summed E-state index contributed by atoms with van der Waals surface area (Å²) in [5.74, 6) is -3.91. The first kappa shape index (κ1) is 35.2. The molecule has 0 saturated carbocycles. The molecule has 4 bridgehead atoms. The first-order valence-electron chi connectivity index (χ1n) is 15.1. The van der Waals surface area contributed by atoms with E-state index in [-0.39, 0.29) is 23.5 Å². The monoisotopic (exact) mass is 724 g/mol. The number of hydrogen-bond donors (Lipinski definition) is 4. The summed E-state index contributed by atoms with van der Waals surface area (Å²) in [6.45, 7) is 0. The van der Waals surface area contributed by atoms with E-state index in [1.807, 2.05) is 84.9 Å². The number of carbonyl (C=O) groups excluding carboxylic acids is 4. The molecule has 4 aromatic carbocycles. The van der Waals surface area contributed by atoms with Crippen molar-refractivity contribution < 1.29 is 19.2 Å². The van der Waals surface area contributed by atoms with E-state index in [0.29, 0.717) is 22.3 Å². The number of carbonyl (C=O) groups is 4. The van der Waals surface area contributed by atoms with Crippen molar-refractivity contribution in [3.8, 4) is 22.3 Å². The molecule has 5 rings (SSSR count). The van der Waals surface area contributed by atoms with Crippen LogP contribution in [0, 0.1) is 0 Å². The third kappa shape index (κ3) is 8.31. The Hall–Kier alpha value is -4.08. The number of rotatable bonds is 6. The molecule has 1 aliphatic heterocycles. The Morgan fingerprint density at radius 2 is 0.625 bits per heavy atom. The van der Waals surface area contributed by atoms with Gasteiger partial charge in [0.1, 0.15) is 0 Å². The molecule has 4 unspecified atom stereocenters. The van der Waals surface area contributed by atoms with Crippen LogP contribution in [0.4, 0.5) is 0 Å². The Balaban J connectivity index is 1.61. The molecule has 4 amide bonds. The number of hydrogen-bond acceptors (Lipinski definition) is 4. The van der Waals surface area contributed by atoms with Crippen LogP contribution >= 0.6 is 46.4 Å². The maximum atomic E-state index is 13.3. The lowest BCUT2D eigenvalue weighted by molar-refractivity contribution is -0.140. The van der Waals surface area contributed by atoms with Gasteiger partial charge in [-0.3, -0.25) is 19.2 Å². The summed E-state index contributed by atoms with van der Waals surface area (Å²) in [7, 11) is 0. The van der Waals surface area contributed by atoms with Crippen LogP contribution < -0.4 is 21.3 Å². The number of halogens is 4. The molecule has 4 N–H and O–H groups in total. The second kappa shape index (κ2) is 16.3. The average Bonchev–Trinajstić information content (AvgIpc) is 3.13. The van der Waals surface area contributed by atoms with Crippen molar-refractivity contribution in [1.29, 1.82) is 0 Å². The molecule has 0 spiro atoms. The number of alkyl halides is 4. The van der Waals surface area contributed by atoms with E-state index < -0.39 is 47.8 Å². The predicted molar refractivity (Wildman–Crippen MR) is 190 cm³/mol. The highest BCUT2D eigenvalue weighted by Gasteiger charge is 2.28. The first-order valence-corrected chi connectivity index (χ1v) is 17.3. The maximum Gasteiger partial charge on any atom is 0.309 e. The second-order valence-electron chi connectivity index (χ2n) is 11.2. The van der Waals surface area contributed by atoms with Crippen molar-refractivity contribution in [1.82, 2.24) is 21.3 Å². The normalized spacial score (nSPS) is 20.4. The van der Waals surface area contributed by atoms with Crippen LogP contribution in [-0.4, -0.2) is 47.1 Å². The highest BCUT2D eigenvalue weighted by molar-refractivity contribution is 6.36. The Morgan fingerprint density at radius 3 is 0.854 bits per heavy atom. The van der Waals surface area contributed by atoms with Crippen LogP contribution in [0.5, 0.6) is 0 Å². The van der Waals surface area contributed by atoms with Gasteiger partial charge in [0, 0.05) is 23.5 Å². The Morgan fingerprint density at radius 1 is 0.375 bits per heavy atom. The highest BCUT2D eigenvalue weighted by Crippen LogP contribution is 2.31. The zero-order valence-electron chi connectivity index (χ0n) is 25.5. The Kier molecular flexibility index (Phi) is 12.0. The fourth-order valence-corrected chi connectivity index (χ4v) is 6.51. The summed E-state index contributed by atoms with van der Waals surface area (Å²) in [5.41, 5.74) is 5.45. The minimum Gasteiger partial charge on any atom is -0.340 e. The van der Waals surface area contributed by atoms with Crippen LogP contribution in [0.15, 0.2) is 97.1 Å². The smallest absolute Gasteiger partial charge is 0.309 e. The van der Waals surface area contributed by atoms with Crippen molar-refractivity contribution in [3.05, 3.63) is 119 Å². The second-order valence-corrected chi connectivity index (χ2v) is 12.5. The summed E-state index contributed by atoms with van der Waals surface area (Å²) in [4.78, 5) is 53.3. The zero-order chi connectivity index (χ0) is 34.2. The van der Waals surface area contributed by atoms with E-state index >= 15 is 0 Å². The topological polar surface area (TPSA) is 116 Å². The summed E-state index contributed by atoms with van der Waals surface area (Å²) >= 11 is 25.5. The number of benzene rings is 4. The largest absolute Gasteiger partial charge is 0.340 e. The van der Waals surface area contributed by atoms with Gasteiger partial charge in [-0.05, 0) is 68.8 Å². The third-order valence-corrected chi connectivity index (χ3v) is 9.26. The lowest BCUT2D eigenvalue weighted by atomic mass is 9.93. The van der Waals surface area contributed by atoms with Crippen LogP contribution in [0.3, 0.4) is 0 Å². The Bertz CT molecular complexity index is 1580. The summed E-state index contributed by atoms with van der Waals surface area (Å²) in [6.07, 6.45) is 0. The summed E-state index contributed by atoms with van der Waals surface area (Å²) in [5, 5.41) is 10.9. The molecule has 0 aromatic heterocycles. The highest BCUT2D eigenvalue weighted by atomic mass is 35.5. The molecule has 0 radical (unpaired) electrons. The molecule has 12 heteroatoms. The quantitative estimate of drug-likeness (QED) is 0.138. The maximum absolute atomic E-state index is 13.3. The molecule has 1 aliphatic rings. The predicted octanol–water partition coefficient (Wildman–Crippen LogP) is 6.32. The minimum atomic E-state index is -0.906. The van der Waals surface area contributed by atoms with Gasteiger partial charge in [-0.2, -0.15) is 0 Å². The van der Waals surface area contributed by atoms with Crippen LogP contribution in [0.25, 0.3) is 22.3 Å². The van der Waals surface area contributed by atoms with E-state index in [4.69, 9.17) is 46.4 Å². The van der Waals surface area contributed by atoms with Gasteiger partial charge in [-0.25, -0.2) is 0 Å². The van der Waals surface area contributed by atoms with Crippen molar-refractivity contribution in [2.24, 2.45) is 0 Å². The average molecular weight is 726 g/mol. The van der Waals surface area contributed by atoms with Gasteiger partial charge in [-0.15, -0.1) is 46.4 Å². The third-order valence-electron chi connectivity index (χ3n) is 8.03. The van der Waals surface area contributed by atoms with Crippen LogP contribution in [0.2, 0.25) is 0 Å². The van der Waals surface area contributed by atoms with Gasteiger partial charge >= 0.3 is 23.6 Å². The fourth-order valence-electron chi connectivity index (χ4n) is 5.49. The van der Waals surface area contributed by atoms with Gasteiger partial charge in [0.05, 0.1) is 24.2 Å². The van der Waals surface area contributed by atoms with Crippen LogP contribution in [0.1, 0.15) is 46.4 Å². The molecule has 8 nitrogen and oxygen atoms in total. The summed E-state index contributed by atoms with van der Waals surface area (Å²) in [6, 6.07) is 26.5. The van der Waals surface area contributed by atoms with Gasteiger partial charge in [-0.1, -0.05) is 72.8 Å². The van der Waals surface area contributed by atoms with E-state index in [0.717, 1.165) is 22.3 Å². The van der Waals surface area contributed by atoms with Gasteiger partial charge < -0.3 is 21.3 Å². The zero-order valence-corrected chi connectivity index (χ0v) is 28.5. The van der Waals surface area contributed by atoms with Crippen molar-refractivity contribution in [2.45, 2.75) is 24.2 Å². The van der Waals surface area contributed by atoms with Crippen molar-refractivity contribution >= 4 is 70.0 Å². The number of nitrogens with one attached hydrogen (secondary N) is 4. The number of fused-ring (bicyclic) bond motifs is 4. The lowest BCUT2D eigenvalue weighted by Crippen LogP contribution is -2.44. The van der Waals surface area contributed by atoms with E-state index in [2.05, 4.69) is 21.3 Å². The van der Waals surface area contributed by atoms with Gasteiger partial charge in [0.25, 0.3) is 0 Å². The molecular weight excluding hydrogens is 694 g/mol. The van der Waals surface area contributed by atoms with E-state index in [1.165, 1.54) is 0 Å². The fraction of sp³-hybridized carbons (Fsp3) is 0.222. The molecular formula is C36H32Cl4N4O4. The van der Waals surface area contributed by atoms with Crippen LogP contribution in [-0.2, 0) is 19.2 Å². The van der Waals surface area contributed by atoms with Crippen molar-refractivity contribution in [3.63, 3.8) is 0 Å². The summed E-state index contributed by atoms with van der Waals surface area (Å²) < 4.78 is 0. The molecule has 1 heterocycles. The number of amides is 4. The SMILES string of the molecule is O=C1NC(CCl)c2cc(-c3ccccc3)cc(c2)C(CCl)NC(=O)C(=O)NC(CCl)c2cc(-c3ccccc3)cc(c2)C(CCl)NC1=O. The standard InChI is InChI=1S/C36H32Cl4N4O4/c37-17-29-25-11-23(21-7-3-1-4-8-21)12-26(15-25)30(18-38)42-34(46)36(48)44-32(20-40)28-14-24(22-9-5-2-6-10-22)13-27(16-28)31(19-39)43-35(47)33(45)41-29/h1-16,29-32H,17-20H2,(H,41,45)(H,42,46)(H,43,47)(H,44,48).